The second-order valence-corrected chi connectivity index (χ2v) is 6.91. The number of nitrogens with one attached hydrogen (secondary N) is 2. The fourth-order valence-corrected chi connectivity index (χ4v) is 2.96. The van der Waals surface area contributed by atoms with E-state index in [-0.39, 0.29) is 16.4 Å². The number of phenols is 1. The van der Waals surface area contributed by atoms with Crippen molar-refractivity contribution < 1.29 is 22.5 Å². The molecule has 0 atom stereocenters. The van der Waals surface area contributed by atoms with Crippen LogP contribution >= 0.6 is 11.6 Å². The van der Waals surface area contributed by atoms with Crippen LogP contribution in [0.4, 0.5) is 10.5 Å². The van der Waals surface area contributed by atoms with E-state index in [0.717, 1.165) is 0 Å². The van der Waals surface area contributed by atoms with E-state index in [1.165, 1.54) is 42.5 Å². The molecule has 7 nitrogen and oxygen atoms in total. The molecular formula is C16H17ClN2O5S. The number of anilines is 1. The van der Waals surface area contributed by atoms with Gasteiger partial charge in [0.15, 0.2) is 0 Å². The summed E-state index contributed by atoms with van der Waals surface area (Å²) in [5.41, 5.74) is 0.304. The maximum Gasteiger partial charge on any atom is 0.339 e. The standard InChI is InChI=1S/C16H17ClN2O5S/c17-9-2-10-18-16(21)19-12-3-1-4-15(11-12)25(22,23)24-14-7-5-13(20)6-8-14/h1,3-8,11,20H,2,9-10H2,(H2,18,19,21). The molecule has 3 N–H and O–H groups in total. The second kappa shape index (κ2) is 8.59. The molecule has 0 saturated carbocycles. The monoisotopic (exact) mass is 384 g/mol. The number of phenolic OH excluding ortho intramolecular Hbond substituents is 1. The molecule has 0 saturated heterocycles. The minimum absolute atomic E-state index is 0.00359. The molecule has 0 unspecified atom stereocenters. The first kappa shape index (κ1) is 18.9. The molecule has 0 aromatic heterocycles. The summed E-state index contributed by atoms with van der Waals surface area (Å²) in [5.74, 6) is 0.494. The quantitative estimate of drug-likeness (QED) is 0.386. The number of aromatic hydroxyl groups is 1. The molecule has 134 valence electrons. The number of carbonyl (C=O) groups excluding carboxylic acids is 1. The average Bonchev–Trinajstić information content (AvgIpc) is 2.57. The highest BCUT2D eigenvalue weighted by Crippen LogP contribution is 2.22. The Morgan fingerprint density at radius 2 is 1.88 bits per heavy atom. The fourth-order valence-electron chi connectivity index (χ4n) is 1.85. The maximum absolute atomic E-state index is 12.3. The molecular weight excluding hydrogens is 368 g/mol. The minimum atomic E-state index is -4.08. The van der Waals surface area contributed by atoms with E-state index in [9.17, 15) is 18.3 Å². The van der Waals surface area contributed by atoms with Crippen LogP contribution in [0.3, 0.4) is 0 Å². The van der Waals surface area contributed by atoms with Gasteiger partial charge in [-0.1, -0.05) is 6.07 Å². The molecule has 2 aromatic carbocycles. The van der Waals surface area contributed by atoms with Crippen molar-refractivity contribution in [2.45, 2.75) is 11.3 Å². The van der Waals surface area contributed by atoms with Crippen LogP contribution in [0.1, 0.15) is 6.42 Å². The number of halogens is 1. The third kappa shape index (κ3) is 5.84. The van der Waals surface area contributed by atoms with Crippen LogP contribution in [0.25, 0.3) is 0 Å². The first-order valence-electron chi connectivity index (χ1n) is 7.35. The molecule has 2 aromatic rings. The highest BCUT2D eigenvalue weighted by molar-refractivity contribution is 7.87. The number of hydrogen-bond donors (Lipinski definition) is 3. The Bertz CT molecular complexity index is 825. The van der Waals surface area contributed by atoms with Crippen molar-refractivity contribution >= 4 is 33.4 Å². The van der Waals surface area contributed by atoms with Crippen molar-refractivity contribution in [1.29, 1.82) is 0 Å². The van der Waals surface area contributed by atoms with Crippen LogP contribution in [0.5, 0.6) is 11.5 Å². The smallest absolute Gasteiger partial charge is 0.339 e. The molecule has 2 amide bonds. The summed E-state index contributed by atoms with van der Waals surface area (Å²) >= 11 is 5.53. The summed E-state index contributed by atoms with van der Waals surface area (Å²) in [5, 5.41) is 14.3. The van der Waals surface area contributed by atoms with Gasteiger partial charge in [-0.15, -0.1) is 11.6 Å². The van der Waals surface area contributed by atoms with Crippen LogP contribution < -0.4 is 14.8 Å². The van der Waals surface area contributed by atoms with Crippen LogP contribution in [0.2, 0.25) is 0 Å². The number of hydrogen-bond acceptors (Lipinski definition) is 5. The van der Waals surface area contributed by atoms with Crippen LogP contribution in [0, 0.1) is 0 Å². The van der Waals surface area contributed by atoms with Gasteiger partial charge in [-0.3, -0.25) is 0 Å². The summed E-state index contributed by atoms with van der Waals surface area (Å²) in [7, 11) is -4.08. The molecule has 0 aliphatic rings. The Morgan fingerprint density at radius 1 is 1.16 bits per heavy atom. The van der Waals surface area contributed by atoms with E-state index in [1.807, 2.05) is 0 Å². The zero-order chi connectivity index (χ0) is 18.3. The number of alkyl halides is 1. The van der Waals surface area contributed by atoms with Gasteiger partial charge in [-0.2, -0.15) is 8.42 Å². The lowest BCUT2D eigenvalue weighted by molar-refractivity contribution is 0.252. The number of carbonyl (C=O) groups is 1. The van der Waals surface area contributed by atoms with Crippen molar-refractivity contribution in [3.05, 3.63) is 48.5 Å². The van der Waals surface area contributed by atoms with Gasteiger partial charge < -0.3 is 19.9 Å². The molecule has 0 heterocycles. The first-order valence-corrected chi connectivity index (χ1v) is 9.29. The second-order valence-electron chi connectivity index (χ2n) is 4.98. The van der Waals surface area contributed by atoms with Gasteiger partial charge >= 0.3 is 16.1 Å². The lowest BCUT2D eigenvalue weighted by atomic mass is 10.3. The maximum atomic E-state index is 12.3. The van der Waals surface area contributed by atoms with Gasteiger partial charge in [0.25, 0.3) is 0 Å². The van der Waals surface area contributed by atoms with Gasteiger partial charge in [0.05, 0.1) is 0 Å². The molecule has 25 heavy (non-hydrogen) atoms. The van der Waals surface area contributed by atoms with Gasteiger partial charge in [-0.05, 0) is 48.9 Å². The van der Waals surface area contributed by atoms with Crippen molar-refractivity contribution in [3.8, 4) is 11.5 Å². The third-order valence-electron chi connectivity index (χ3n) is 3.02. The van der Waals surface area contributed by atoms with Gasteiger partial charge in [0.2, 0.25) is 0 Å². The molecule has 2 rings (SSSR count). The predicted molar refractivity (Wildman–Crippen MR) is 94.7 cm³/mol. The number of amides is 2. The van der Waals surface area contributed by atoms with E-state index >= 15 is 0 Å². The van der Waals surface area contributed by atoms with Crippen LogP contribution in [-0.4, -0.2) is 32.0 Å². The topological polar surface area (TPSA) is 105 Å². The zero-order valence-electron chi connectivity index (χ0n) is 13.1. The van der Waals surface area contributed by atoms with E-state index in [0.29, 0.717) is 24.5 Å². The van der Waals surface area contributed by atoms with Crippen molar-refractivity contribution in [1.82, 2.24) is 5.32 Å². The Balaban J connectivity index is 2.08. The van der Waals surface area contributed by atoms with E-state index in [2.05, 4.69) is 10.6 Å². The normalized spacial score (nSPS) is 10.9. The summed E-state index contributed by atoms with van der Waals surface area (Å²) in [4.78, 5) is 11.6. The molecule has 0 aliphatic heterocycles. The van der Waals surface area contributed by atoms with Gasteiger partial charge in [0, 0.05) is 18.1 Å². The number of rotatable bonds is 7. The Morgan fingerprint density at radius 3 is 2.56 bits per heavy atom. The fraction of sp³-hybridized carbons (Fsp3) is 0.188. The largest absolute Gasteiger partial charge is 0.508 e. The van der Waals surface area contributed by atoms with Crippen molar-refractivity contribution in [2.75, 3.05) is 17.7 Å². The van der Waals surface area contributed by atoms with Gasteiger partial charge in [0.1, 0.15) is 16.4 Å². The summed E-state index contributed by atoms with van der Waals surface area (Å²) in [6.45, 7) is 0.414. The molecule has 9 heteroatoms. The van der Waals surface area contributed by atoms with E-state index in [1.54, 1.807) is 6.07 Å². The Hall–Kier alpha value is -2.45. The lowest BCUT2D eigenvalue weighted by Gasteiger charge is -2.10. The SMILES string of the molecule is O=C(NCCCCl)Nc1cccc(S(=O)(=O)Oc2ccc(O)cc2)c1. The summed E-state index contributed by atoms with van der Waals surface area (Å²) in [6, 6.07) is 10.5. The van der Waals surface area contributed by atoms with Crippen molar-refractivity contribution in [2.24, 2.45) is 0 Å². The number of urea groups is 1. The van der Waals surface area contributed by atoms with Gasteiger partial charge in [-0.25, -0.2) is 4.79 Å². The van der Waals surface area contributed by atoms with Crippen LogP contribution in [0.15, 0.2) is 53.4 Å². The first-order chi connectivity index (χ1) is 11.9. The summed E-state index contributed by atoms with van der Waals surface area (Å²) < 4.78 is 29.6. The third-order valence-corrected chi connectivity index (χ3v) is 4.53. The zero-order valence-corrected chi connectivity index (χ0v) is 14.7. The molecule has 0 radical (unpaired) electrons. The molecule has 0 aliphatic carbocycles. The van der Waals surface area contributed by atoms with E-state index < -0.39 is 16.1 Å². The highest BCUT2D eigenvalue weighted by Gasteiger charge is 2.17. The van der Waals surface area contributed by atoms with Crippen LogP contribution in [-0.2, 0) is 10.1 Å². The minimum Gasteiger partial charge on any atom is -0.508 e. The molecule has 0 bridgehead atoms. The lowest BCUT2D eigenvalue weighted by Crippen LogP contribution is -2.29. The Kier molecular flexibility index (Phi) is 6.49. The summed E-state index contributed by atoms with van der Waals surface area (Å²) in [6.07, 6.45) is 0.629. The number of benzene rings is 2. The predicted octanol–water partition coefficient (Wildman–Crippen LogP) is 2.91. The average molecular weight is 385 g/mol. The molecule has 0 spiro atoms. The van der Waals surface area contributed by atoms with E-state index in [4.69, 9.17) is 15.8 Å². The highest BCUT2D eigenvalue weighted by atomic mass is 35.5. The van der Waals surface area contributed by atoms with Crippen molar-refractivity contribution in [3.63, 3.8) is 0 Å². The molecule has 0 fully saturated rings. The Labute approximate surface area is 150 Å².